The first-order chi connectivity index (χ1) is 9.06. The fourth-order valence-corrected chi connectivity index (χ4v) is 2.53. The van der Waals surface area contributed by atoms with Crippen molar-refractivity contribution in [1.82, 2.24) is 9.80 Å². The van der Waals surface area contributed by atoms with E-state index in [-0.39, 0.29) is 11.9 Å². The van der Waals surface area contributed by atoms with Crippen molar-refractivity contribution in [3.8, 4) is 0 Å². The van der Waals surface area contributed by atoms with Crippen molar-refractivity contribution >= 4 is 6.03 Å². The second-order valence-corrected chi connectivity index (χ2v) is 5.13. The van der Waals surface area contributed by atoms with Crippen LogP contribution in [-0.4, -0.2) is 42.0 Å². The van der Waals surface area contributed by atoms with Gasteiger partial charge < -0.3 is 15.5 Å². The summed E-state index contributed by atoms with van der Waals surface area (Å²) in [6.45, 7) is 2.29. The van der Waals surface area contributed by atoms with Gasteiger partial charge in [0, 0.05) is 12.6 Å². The fourth-order valence-electron chi connectivity index (χ4n) is 2.53. The minimum atomic E-state index is -0.432. The molecule has 0 unspecified atom stereocenters. The van der Waals surface area contributed by atoms with Gasteiger partial charge in [0.05, 0.1) is 0 Å². The van der Waals surface area contributed by atoms with E-state index < -0.39 is 6.03 Å². The SMILES string of the molecule is CN1CCC(N(Cc2cccc(F)c2)C(N)=O)CC1. The number of nitrogens with zero attached hydrogens (tertiary/aromatic N) is 2. The highest BCUT2D eigenvalue weighted by atomic mass is 19.1. The van der Waals surface area contributed by atoms with Crippen LogP contribution in [0.25, 0.3) is 0 Å². The third-order valence-electron chi connectivity index (χ3n) is 3.65. The predicted molar refractivity (Wildman–Crippen MR) is 72.0 cm³/mol. The number of carbonyl (C=O) groups is 1. The van der Waals surface area contributed by atoms with Crippen LogP contribution < -0.4 is 5.73 Å². The molecule has 0 radical (unpaired) electrons. The number of carbonyl (C=O) groups excluding carboxylic acids is 1. The summed E-state index contributed by atoms with van der Waals surface area (Å²) in [5, 5.41) is 0. The standard InChI is InChI=1S/C14H20FN3O/c1-17-7-5-13(6-8-17)18(14(16)19)10-11-3-2-4-12(15)9-11/h2-4,9,13H,5-8,10H2,1H3,(H2,16,19). The molecular weight excluding hydrogens is 245 g/mol. The molecule has 1 fully saturated rings. The Kier molecular flexibility index (Phi) is 4.37. The zero-order valence-electron chi connectivity index (χ0n) is 11.2. The maximum atomic E-state index is 13.2. The Balaban J connectivity index is 2.06. The van der Waals surface area contributed by atoms with E-state index in [0.29, 0.717) is 6.54 Å². The molecule has 0 bridgehead atoms. The summed E-state index contributed by atoms with van der Waals surface area (Å²) in [5.74, 6) is -0.287. The molecule has 1 heterocycles. The number of hydrogen-bond donors (Lipinski definition) is 1. The number of likely N-dealkylation sites (tertiary alicyclic amines) is 1. The first-order valence-corrected chi connectivity index (χ1v) is 6.55. The summed E-state index contributed by atoms with van der Waals surface area (Å²) in [5.41, 5.74) is 6.24. The molecule has 2 rings (SSSR count). The van der Waals surface area contributed by atoms with Crippen molar-refractivity contribution in [2.45, 2.75) is 25.4 Å². The van der Waals surface area contributed by atoms with Crippen LogP contribution >= 0.6 is 0 Å². The van der Waals surface area contributed by atoms with Gasteiger partial charge >= 0.3 is 6.03 Å². The third-order valence-corrected chi connectivity index (χ3v) is 3.65. The fraction of sp³-hybridized carbons (Fsp3) is 0.500. The average molecular weight is 265 g/mol. The number of amides is 2. The lowest BCUT2D eigenvalue weighted by Gasteiger charge is -2.36. The van der Waals surface area contributed by atoms with Gasteiger partial charge in [-0.2, -0.15) is 0 Å². The number of urea groups is 1. The molecular formula is C14H20FN3O. The first-order valence-electron chi connectivity index (χ1n) is 6.55. The minimum Gasteiger partial charge on any atom is -0.351 e. The normalized spacial score (nSPS) is 17.4. The zero-order chi connectivity index (χ0) is 13.8. The quantitative estimate of drug-likeness (QED) is 0.906. The monoisotopic (exact) mass is 265 g/mol. The molecule has 1 aliphatic rings. The Labute approximate surface area is 113 Å². The first kappa shape index (κ1) is 13.8. The van der Waals surface area contributed by atoms with E-state index in [1.807, 2.05) is 6.07 Å². The van der Waals surface area contributed by atoms with Crippen LogP contribution in [0.1, 0.15) is 18.4 Å². The lowest BCUT2D eigenvalue weighted by molar-refractivity contribution is 0.133. The molecule has 0 aromatic heterocycles. The Morgan fingerprint density at radius 2 is 2.16 bits per heavy atom. The number of halogens is 1. The van der Waals surface area contributed by atoms with Gasteiger partial charge in [-0.05, 0) is 50.7 Å². The van der Waals surface area contributed by atoms with Gasteiger partial charge in [0.1, 0.15) is 5.82 Å². The molecule has 1 saturated heterocycles. The molecule has 5 heteroatoms. The van der Waals surface area contributed by atoms with Gasteiger partial charge in [0.15, 0.2) is 0 Å². The number of rotatable bonds is 3. The van der Waals surface area contributed by atoms with Crippen LogP contribution in [-0.2, 0) is 6.54 Å². The summed E-state index contributed by atoms with van der Waals surface area (Å²) in [4.78, 5) is 15.5. The van der Waals surface area contributed by atoms with Crippen LogP contribution in [0.15, 0.2) is 24.3 Å². The molecule has 1 aliphatic heterocycles. The maximum absolute atomic E-state index is 13.2. The lowest BCUT2D eigenvalue weighted by atomic mass is 10.0. The van der Waals surface area contributed by atoms with E-state index in [1.165, 1.54) is 12.1 Å². The Hall–Kier alpha value is -1.62. The van der Waals surface area contributed by atoms with Gasteiger partial charge in [0.25, 0.3) is 0 Å². The highest BCUT2D eigenvalue weighted by Gasteiger charge is 2.25. The summed E-state index contributed by atoms with van der Waals surface area (Å²) < 4.78 is 13.2. The van der Waals surface area contributed by atoms with Crippen LogP contribution in [0.3, 0.4) is 0 Å². The number of nitrogens with two attached hydrogens (primary N) is 1. The lowest BCUT2D eigenvalue weighted by Crippen LogP contribution is -2.48. The highest BCUT2D eigenvalue weighted by molar-refractivity contribution is 5.72. The van der Waals surface area contributed by atoms with Gasteiger partial charge in [-0.3, -0.25) is 0 Å². The molecule has 0 aliphatic carbocycles. The molecule has 4 nitrogen and oxygen atoms in total. The van der Waals surface area contributed by atoms with Crippen LogP contribution in [0.2, 0.25) is 0 Å². The molecule has 19 heavy (non-hydrogen) atoms. The van der Waals surface area contributed by atoms with Gasteiger partial charge in [-0.25, -0.2) is 9.18 Å². The van der Waals surface area contributed by atoms with Gasteiger partial charge in [-0.1, -0.05) is 12.1 Å². The number of benzene rings is 1. The van der Waals surface area contributed by atoms with Crippen molar-refractivity contribution in [2.75, 3.05) is 20.1 Å². The van der Waals surface area contributed by atoms with Crippen molar-refractivity contribution in [3.05, 3.63) is 35.6 Å². The zero-order valence-corrected chi connectivity index (χ0v) is 11.2. The molecule has 2 N–H and O–H groups in total. The van der Waals surface area contributed by atoms with Gasteiger partial charge in [-0.15, -0.1) is 0 Å². The highest BCUT2D eigenvalue weighted by Crippen LogP contribution is 2.18. The number of hydrogen-bond acceptors (Lipinski definition) is 2. The van der Waals surface area contributed by atoms with E-state index in [1.54, 1.807) is 11.0 Å². The second-order valence-electron chi connectivity index (χ2n) is 5.13. The summed E-state index contributed by atoms with van der Waals surface area (Å²) >= 11 is 0. The minimum absolute atomic E-state index is 0.150. The molecule has 1 aromatic rings. The molecule has 0 atom stereocenters. The van der Waals surface area contributed by atoms with E-state index in [9.17, 15) is 9.18 Å². The maximum Gasteiger partial charge on any atom is 0.315 e. The van der Waals surface area contributed by atoms with Crippen molar-refractivity contribution in [2.24, 2.45) is 5.73 Å². The van der Waals surface area contributed by atoms with Crippen molar-refractivity contribution < 1.29 is 9.18 Å². The summed E-state index contributed by atoms with van der Waals surface area (Å²) in [6, 6.07) is 6.03. The van der Waals surface area contributed by atoms with Crippen LogP contribution in [0.4, 0.5) is 9.18 Å². The average Bonchev–Trinajstić information content (AvgIpc) is 2.37. The van der Waals surface area contributed by atoms with E-state index in [0.717, 1.165) is 31.5 Å². The van der Waals surface area contributed by atoms with Gasteiger partial charge in [0.2, 0.25) is 0 Å². The van der Waals surface area contributed by atoms with E-state index in [4.69, 9.17) is 5.73 Å². The number of primary amides is 1. The second kappa shape index (κ2) is 6.02. The third kappa shape index (κ3) is 3.67. The topological polar surface area (TPSA) is 49.6 Å². The number of piperidine rings is 1. The summed E-state index contributed by atoms with van der Waals surface area (Å²) in [6.07, 6.45) is 1.82. The van der Waals surface area contributed by atoms with E-state index in [2.05, 4.69) is 11.9 Å². The largest absolute Gasteiger partial charge is 0.351 e. The Morgan fingerprint density at radius 3 is 2.74 bits per heavy atom. The van der Waals surface area contributed by atoms with Crippen LogP contribution in [0, 0.1) is 5.82 Å². The Morgan fingerprint density at radius 1 is 1.47 bits per heavy atom. The van der Waals surface area contributed by atoms with Crippen molar-refractivity contribution in [3.63, 3.8) is 0 Å². The smallest absolute Gasteiger partial charge is 0.315 e. The summed E-state index contributed by atoms with van der Waals surface area (Å²) in [7, 11) is 2.07. The molecule has 1 aromatic carbocycles. The van der Waals surface area contributed by atoms with E-state index >= 15 is 0 Å². The molecule has 104 valence electrons. The molecule has 0 saturated carbocycles. The molecule has 0 spiro atoms. The molecule has 2 amide bonds. The van der Waals surface area contributed by atoms with Crippen molar-refractivity contribution in [1.29, 1.82) is 0 Å². The Bertz CT molecular complexity index is 444. The predicted octanol–water partition coefficient (Wildman–Crippen LogP) is 1.80. The van der Waals surface area contributed by atoms with Crippen LogP contribution in [0.5, 0.6) is 0 Å².